The van der Waals surface area contributed by atoms with Gasteiger partial charge in [0.05, 0.1) is 12.8 Å². The molecule has 0 N–H and O–H groups in total. The fourth-order valence-electron chi connectivity index (χ4n) is 1.81. The number of benzene rings is 1. The van der Waals surface area contributed by atoms with Gasteiger partial charge in [0, 0.05) is 10.4 Å². The first-order valence-corrected chi connectivity index (χ1v) is 6.65. The zero-order chi connectivity index (χ0) is 12.4. The van der Waals surface area contributed by atoms with Crippen LogP contribution < -0.4 is 4.74 Å². The maximum atomic E-state index is 5.98. The van der Waals surface area contributed by atoms with E-state index in [2.05, 4.69) is 18.0 Å². The first-order valence-electron chi connectivity index (χ1n) is 5.46. The Balaban J connectivity index is 2.49. The van der Waals surface area contributed by atoms with Crippen molar-refractivity contribution in [1.29, 1.82) is 0 Å². The van der Waals surface area contributed by atoms with Gasteiger partial charge in [-0.3, -0.25) is 0 Å². The molecule has 0 atom stereocenters. The molecule has 0 radical (unpaired) electrons. The number of hydrogen-bond acceptors (Lipinski definition) is 3. The number of aromatic nitrogens is 1. The van der Waals surface area contributed by atoms with Gasteiger partial charge in [0.15, 0.2) is 4.47 Å². The Labute approximate surface area is 110 Å². The highest BCUT2D eigenvalue weighted by Crippen LogP contribution is 2.33. The summed E-state index contributed by atoms with van der Waals surface area (Å²) in [5.41, 5.74) is 3.20. The lowest BCUT2D eigenvalue weighted by Crippen LogP contribution is -1.89. The summed E-state index contributed by atoms with van der Waals surface area (Å²) in [6, 6.07) is 6.08. The van der Waals surface area contributed by atoms with Crippen LogP contribution >= 0.6 is 22.9 Å². The second-order valence-electron chi connectivity index (χ2n) is 3.78. The van der Waals surface area contributed by atoms with Crippen molar-refractivity contribution in [2.45, 2.75) is 20.3 Å². The molecule has 2 rings (SSSR count). The fraction of sp³-hybridized carbons (Fsp3) is 0.308. The molecular weight excluding hydrogens is 254 g/mol. The summed E-state index contributed by atoms with van der Waals surface area (Å²) in [5.74, 6) is 0.896. The van der Waals surface area contributed by atoms with Crippen molar-refractivity contribution in [1.82, 2.24) is 4.98 Å². The SMILES string of the molecule is CCc1sc(Cl)nc1-c1ccc(OC)c(C)c1. The van der Waals surface area contributed by atoms with Gasteiger partial charge in [-0.2, -0.15) is 0 Å². The number of thiazole rings is 1. The number of halogens is 1. The Bertz CT molecular complexity index is 536. The number of ether oxygens (including phenoxy) is 1. The highest BCUT2D eigenvalue weighted by atomic mass is 35.5. The predicted octanol–water partition coefficient (Wildman–Crippen LogP) is 4.34. The molecule has 90 valence electrons. The highest BCUT2D eigenvalue weighted by molar-refractivity contribution is 7.16. The van der Waals surface area contributed by atoms with Crippen molar-refractivity contribution in [2.24, 2.45) is 0 Å². The first kappa shape index (κ1) is 12.4. The zero-order valence-electron chi connectivity index (χ0n) is 10.1. The molecule has 0 fully saturated rings. The second-order valence-corrected chi connectivity index (χ2v) is 5.44. The largest absolute Gasteiger partial charge is 0.496 e. The Morgan fingerprint density at radius 3 is 2.76 bits per heavy atom. The number of nitrogens with zero attached hydrogens (tertiary/aromatic N) is 1. The van der Waals surface area contributed by atoms with Crippen LogP contribution in [0.1, 0.15) is 17.4 Å². The summed E-state index contributed by atoms with van der Waals surface area (Å²) in [6.45, 7) is 4.14. The van der Waals surface area contributed by atoms with E-state index in [1.54, 1.807) is 18.4 Å². The van der Waals surface area contributed by atoms with Crippen LogP contribution in [0.2, 0.25) is 4.47 Å². The maximum absolute atomic E-state index is 5.98. The van der Waals surface area contributed by atoms with E-state index in [0.717, 1.165) is 29.0 Å². The molecular formula is C13H14ClNOS. The van der Waals surface area contributed by atoms with Gasteiger partial charge in [0.25, 0.3) is 0 Å². The molecule has 0 saturated carbocycles. The van der Waals surface area contributed by atoms with Gasteiger partial charge < -0.3 is 4.74 Å². The molecule has 0 aliphatic heterocycles. The third-order valence-corrected chi connectivity index (χ3v) is 3.96. The molecule has 0 bridgehead atoms. The molecule has 1 heterocycles. The van der Waals surface area contributed by atoms with Crippen molar-refractivity contribution < 1.29 is 4.74 Å². The summed E-state index contributed by atoms with van der Waals surface area (Å²) in [5, 5.41) is 0. The van der Waals surface area contributed by atoms with E-state index >= 15 is 0 Å². The molecule has 0 spiro atoms. The van der Waals surface area contributed by atoms with Crippen molar-refractivity contribution in [3.8, 4) is 17.0 Å². The maximum Gasteiger partial charge on any atom is 0.184 e. The van der Waals surface area contributed by atoms with E-state index in [9.17, 15) is 0 Å². The van der Waals surface area contributed by atoms with Crippen LogP contribution in [0, 0.1) is 6.92 Å². The van der Waals surface area contributed by atoms with E-state index in [-0.39, 0.29) is 0 Å². The molecule has 17 heavy (non-hydrogen) atoms. The molecule has 0 aliphatic rings. The van der Waals surface area contributed by atoms with Gasteiger partial charge in [-0.05, 0) is 37.1 Å². The molecule has 2 nitrogen and oxygen atoms in total. The minimum absolute atomic E-state index is 0.602. The molecule has 2 aromatic rings. The van der Waals surface area contributed by atoms with Crippen LogP contribution in [-0.4, -0.2) is 12.1 Å². The fourth-order valence-corrected chi connectivity index (χ4v) is 2.92. The van der Waals surface area contributed by atoms with E-state index in [4.69, 9.17) is 16.3 Å². The van der Waals surface area contributed by atoms with Gasteiger partial charge >= 0.3 is 0 Å². The lowest BCUT2D eigenvalue weighted by atomic mass is 10.1. The van der Waals surface area contributed by atoms with E-state index in [0.29, 0.717) is 4.47 Å². The highest BCUT2D eigenvalue weighted by Gasteiger charge is 2.11. The van der Waals surface area contributed by atoms with Crippen LogP contribution in [0.3, 0.4) is 0 Å². The number of rotatable bonds is 3. The quantitative estimate of drug-likeness (QED) is 0.825. The van der Waals surface area contributed by atoms with Gasteiger partial charge in [0.2, 0.25) is 0 Å². The molecule has 0 aliphatic carbocycles. The van der Waals surface area contributed by atoms with E-state index in [1.807, 2.05) is 19.1 Å². The number of aryl methyl sites for hydroxylation is 2. The Hall–Kier alpha value is -1.06. The average Bonchev–Trinajstić information content (AvgIpc) is 2.70. The molecule has 0 amide bonds. The average molecular weight is 268 g/mol. The van der Waals surface area contributed by atoms with Crippen LogP contribution in [0.4, 0.5) is 0 Å². The molecule has 1 aromatic carbocycles. The minimum Gasteiger partial charge on any atom is -0.496 e. The van der Waals surface area contributed by atoms with Gasteiger partial charge in [-0.15, -0.1) is 11.3 Å². The van der Waals surface area contributed by atoms with E-state index < -0.39 is 0 Å². The van der Waals surface area contributed by atoms with Crippen molar-refractivity contribution in [2.75, 3.05) is 7.11 Å². The number of methoxy groups -OCH3 is 1. The lowest BCUT2D eigenvalue weighted by molar-refractivity contribution is 0.412. The molecule has 1 aromatic heterocycles. The Morgan fingerprint density at radius 1 is 1.41 bits per heavy atom. The summed E-state index contributed by atoms with van der Waals surface area (Å²) >= 11 is 7.52. The first-order chi connectivity index (χ1) is 8.15. The Kier molecular flexibility index (Phi) is 3.69. The third-order valence-electron chi connectivity index (χ3n) is 2.66. The molecule has 0 unspecified atom stereocenters. The van der Waals surface area contributed by atoms with E-state index in [1.165, 1.54) is 4.88 Å². The van der Waals surface area contributed by atoms with Gasteiger partial charge in [0.1, 0.15) is 5.75 Å². The number of hydrogen-bond donors (Lipinski definition) is 0. The summed E-state index contributed by atoms with van der Waals surface area (Å²) in [7, 11) is 1.68. The monoisotopic (exact) mass is 267 g/mol. The lowest BCUT2D eigenvalue weighted by Gasteiger charge is -2.06. The Morgan fingerprint density at radius 2 is 2.18 bits per heavy atom. The summed E-state index contributed by atoms with van der Waals surface area (Å²) in [4.78, 5) is 5.61. The summed E-state index contributed by atoms with van der Waals surface area (Å²) < 4.78 is 5.86. The third kappa shape index (κ3) is 2.45. The van der Waals surface area contributed by atoms with Crippen LogP contribution in [-0.2, 0) is 6.42 Å². The molecule has 4 heteroatoms. The molecule has 0 saturated heterocycles. The topological polar surface area (TPSA) is 22.1 Å². The normalized spacial score (nSPS) is 10.6. The zero-order valence-corrected chi connectivity index (χ0v) is 11.7. The van der Waals surface area contributed by atoms with Gasteiger partial charge in [-0.25, -0.2) is 4.98 Å². The minimum atomic E-state index is 0.602. The van der Waals surface area contributed by atoms with Gasteiger partial charge in [-0.1, -0.05) is 18.5 Å². The standard InChI is InChI=1S/C13H14ClNOS/c1-4-11-12(15-13(14)17-11)9-5-6-10(16-3)8(2)7-9/h5-7H,4H2,1-3H3. The van der Waals surface area contributed by atoms with Crippen molar-refractivity contribution >= 4 is 22.9 Å². The van der Waals surface area contributed by atoms with Crippen LogP contribution in [0.15, 0.2) is 18.2 Å². The second kappa shape index (κ2) is 5.07. The van der Waals surface area contributed by atoms with Crippen LogP contribution in [0.5, 0.6) is 5.75 Å². The smallest absolute Gasteiger partial charge is 0.184 e. The predicted molar refractivity (Wildman–Crippen MR) is 73.2 cm³/mol. The van der Waals surface area contributed by atoms with Crippen molar-refractivity contribution in [3.05, 3.63) is 33.1 Å². The summed E-state index contributed by atoms with van der Waals surface area (Å²) in [6.07, 6.45) is 0.949. The van der Waals surface area contributed by atoms with Crippen LogP contribution in [0.25, 0.3) is 11.3 Å². The van der Waals surface area contributed by atoms with Crippen molar-refractivity contribution in [3.63, 3.8) is 0 Å².